The maximum atomic E-state index is 12.6. The Morgan fingerprint density at radius 2 is 1.90 bits per heavy atom. The highest BCUT2D eigenvalue weighted by Crippen LogP contribution is 2.24. The number of H-pyrrole nitrogens is 1. The highest BCUT2D eigenvalue weighted by Gasteiger charge is 2.22. The van der Waals surface area contributed by atoms with Crippen LogP contribution >= 0.6 is 0 Å². The van der Waals surface area contributed by atoms with E-state index in [-0.39, 0.29) is 12.4 Å². The van der Waals surface area contributed by atoms with Gasteiger partial charge in [0.1, 0.15) is 11.4 Å². The van der Waals surface area contributed by atoms with Crippen molar-refractivity contribution in [2.45, 2.75) is 13.8 Å². The van der Waals surface area contributed by atoms with Gasteiger partial charge in [-0.1, -0.05) is 12.1 Å². The predicted octanol–water partition coefficient (Wildman–Crippen LogP) is 2.74. The molecule has 1 aromatic carbocycles. The van der Waals surface area contributed by atoms with Crippen molar-refractivity contribution < 1.29 is 19.1 Å². The van der Waals surface area contributed by atoms with Gasteiger partial charge in [-0.25, -0.2) is 4.79 Å². The van der Waals surface area contributed by atoms with Gasteiger partial charge in [0, 0.05) is 11.8 Å². The average Bonchev–Trinajstić information content (AvgIpc) is 2.88. The monoisotopic (exact) mass is 287 g/mol. The van der Waals surface area contributed by atoms with Gasteiger partial charge in [0.25, 0.3) is 0 Å². The number of aromatic amines is 1. The summed E-state index contributed by atoms with van der Waals surface area (Å²) in [4.78, 5) is 27.2. The third-order valence-electron chi connectivity index (χ3n) is 3.22. The molecule has 21 heavy (non-hydrogen) atoms. The molecule has 0 spiro atoms. The zero-order valence-electron chi connectivity index (χ0n) is 12.2. The van der Waals surface area contributed by atoms with Gasteiger partial charge in [0.05, 0.1) is 19.3 Å². The fourth-order valence-corrected chi connectivity index (χ4v) is 2.12. The Bertz CT molecular complexity index is 673. The zero-order chi connectivity index (χ0) is 15.4. The summed E-state index contributed by atoms with van der Waals surface area (Å²) < 4.78 is 10.1. The standard InChI is InChI=1S/C16H17NO4/c1-4-21-16(19)14-10(2)12(9-17-14)15(18)11-7-5-6-8-13(11)20-3/h5-9,17H,4H2,1-3H3. The van der Waals surface area contributed by atoms with E-state index in [4.69, 9.17) is 9.47 Å². The maximum absolute atomic E-state index is 12.6. The number of ether oxygens (including phenoxy) is 2. The summed E-state index contributed by atoms with van der Waals surface area (Å²) in [7, 11) is 1.51. The second-order valence-electron chi connectivity index (χ2n) is 4.45. The predicted molar refractivity (Wildman–Crippen MR) is 77.9 cm³/mol. The van der Waals surface area contributed by atoms with Crippen molar-refractivity contribution in [1.29, 1.82) is 0 Å². The molecule has 1 heterocycles. The van der Waals surface area contributed by atoms with Gasteiger partial charge in [-0.3, -0.25) is 4.79 Å². The fourth-order valence-electron chi connectivity index (χ4n) is 2.12. The van der Waals surface area contributed by atoms with E-state index < -0.39 is 5.97 Å². The number of hydrogen-bond donors (Lipinski definition) is 1. The van der Waals surface area contributed by atoms with Gasteiger partial charge < -0.3 is 14.5 Å². The third kappa shape index (κ3) is 2.81. The molecule has 5 nitrogen and oxygen atoms in total. The van der Waals surface area contributed by atoms with Crippen molar-refractivity contribution in [3.05, 3.63) is 52.8 Å². The van der Waals surface area contributed by atoms with Crippen LogP contribution in [0.25, 0.3) is 0 Å². The van der Waals surface area contributed by atoms with Gasteiger partial charge >= 0.3 is 5.97 Å². The minimum absolute atomic E-state index is 0.197. The number of carbonyl (C=O) groups is 2. The SMILES string of the molecule is CCOC(=O)c1[nH]cc(C(=O)c2ccccc2OC)c1C. The van der Waals surface area contributed by atoms with E-state index in [1.165, 1.54) is 13.3 Å². The molecule has 110 valence electrons. The largest absolute Gasteiger partial charge is 0.496 e. The van der Waals surface area contributed by atoms with Crippen LogP contribution in [-0.2, 0) is 4.74 Å². The second kappa shape index (κ2) is 6.26. The van der Waals surface area contributed by atoms with Gasteiger partial charge in [-0.05, 0) is 31.5 Å². The Labute approximate surface area is 122 Å². The van der Waals surface area contributed by atoms with E-state index in [2.05, 4.69) is 4.98 Å². The van der Waals surface area contributed by atoms with Gasteiger partial charge in [-0.15, -0.1) is 0 Å². The van der Waals surface area contributed by atoms with E-state index in [1.54, 1.807) is 38.1 Å². The first-order valence-electron chi connectivity index (χ1n) is 6.63. The third-order valence-corrected chi connectivity index (χ3v) is 3.22. The molecule has 0 saturated heterocycles. The molecule has 0 aliphatic heterocycles. The van der Waals surface area contributed by atoms with E-state index in [0.717, 1.165) is 0 Å². The molecule has 2 rings (SSSR count). The van der Waals surface area contributed by atoms with Crippen LogP contribution in [0.4, 0.5) is 0 Å². The number of para-hydroxylation sites is 1. The second-order valence-corrected chi connectivity index (χ2v) is 4.45. The molecule has 0 radical (unpaired) electrons. The lowest BCUT2D eigenvalue weighted by Gasteiger charge is -2.07. The van der Waals surface area contributed by atoms with E-state index in [1.807, 2.05) is 0 Å². The number of methoxy groups -OCH3 is 1. The molecular weight excluding hydrogens is 270 g/mol. The van der Waals surface area contributed by atoms with Crippen LogP contribution in [0.3, 0.4) is 0 Å². The smallest absolute Gasteiger partial charge is 0.355 e. The van der Waals surface area contributed by atoms with E-state index in [0.29, 0.717) is 28.1 Å². The van der Waals surface area contributed by atoms with Crippen LogP contribution in [0.2, 0.25) is 0 Å². The number of aromatic nitrogens is 1. The number of hydrogen-bond acceptors (Lipinski definition) is 4. The zero-order valence-corrected chi connectivity index (χ0v) is 12.2. The van der Waals surface area contributed by atoms with Crippen molar-refractivity contribution in [2.24, 2.45) is 0 Å². The summed E-state index contributed by atoms with van der Waals surface area (Å²) in [5.41, 5.74) is 1.76. The maximum Gasteiger partial charge on any atom is 0.355 e. The molecule has 0 saturated carbocycles. The van der Waals surface area contributed by atoms with Crippen molar-refractivity contribution in [1.82, 2.24) is 4.98 Å². The topological polar surface area (TPSA) is 68.4 Å². The van der Waals surface area contributed by atoms with Crippen molar-refractivity contribution in [3.8, 4) is 5.75 Å². The van der Waals surface area contributed by atoms with Crippen LogP contribution in [0.5, 0.6) is 5.75 Å². The number of esters is 1. The van der Waals surface area contributed by atoms with Crippen LogP contribution in [0.15, 0.2) is 30.5 Å². The molecule has 2 aromatic rings. The number of rotatable bonds is 5. The molecule has 0 atom stereocenters. The molecule has 0 unspecified atom stereocenters. The lowest BCUT2D eigenvalue weighted by molar-refractivity contribution is 0.0519. The molecule has 0 fully saturated rings. The summed E-state index contributed by atoms with van der Waals surface area (Å²) in [6, 6.07) is 6.98. The Balaban J connectivity index is 2.39. The van der Waals surface area contributed by atoms with Crippen molar-refractivity contribution in [2.75, 3.05) is 13.7 Å². The lowest BCUT2D eigenvalue weighted by atomic mass is 10.0. The minimum Gasteiger partial charge on any atom is -0.496 e. The number of nitrogens with one attached hydrogen (secondary N) is 1. The molecule has 1 aromatic heterocycles. The van der Waals surface area contributed by atoms with Gasteiger partial charge in [-0.2, -0.15) is 0 Å². The van der Waals surface area contributed by atoms with E-state index >= 15 is 0 Å². The Morgan fingerprint density at radius 3 is 2.57 bits per heavy atom. The number of carbonyl (C=O) groups excluding carboxylic acids is 2. The van der Waals surface area contributed by atoms with Crippen molar-refractivity contribution in [3.63, 3.8) is 0 Å². The molecule has 0 bridgehead atoms. The summed E-state index contributed by atoms with van der Waals surface area (Å²) in [5, 5.41) is 0. The summed E-state index contributed by atoms with van der Waals surface area (Å²) >= 11 is 0. The van der Waals surface area contributed by atoms with Crippen molar-refractivity contribution >= 4 is 11.8 Å². The van der Waals surface area contributed by atoms with Gasteiger partial charge in [0.15, 0.2) is 5.78 Å². The van der Waals surface area contributed by atoms with Crippen LogP contribution < -0.4 is 4.74 Å². The minimum atomic E-state index is -0.464. The Kier molecular flexibility index (Phi) is 4.42. The van der Waals surface area contributed by atoms with Gasteiger partial charge in [0.2, 0.25) is 0 Å². The summed E-state index contributed by atoms with van der Waals surface area (Å²) in [6.45, 7) is 3.73. The first kappa shape index (κ1) is 14.8. The number of ketones is 1. The first-order chi connectivity index (χ1) is 10.1. The fraction of sp³-hybridized carbons (Fsp3) is 0.250. The summed E-state index contributed by atoms with van der Waals surface area (Å²) in [5.74, 6) is -0.161. The molecular formula is C16H17NO4. The molecule has 0 amide bonds. The lowest BCUT2D eigenvalue weighted by Crippen LogP contribution is -2.08. The molecule has 0 aliphatic rings. The average molecular weight is 287 g/mol. The van der Waals surface area contributed by atoms with Crippen LogP contribution in [0.1, 0.15) is 38.9 Å². The first-order valence-corrected chi connectivity index (χ1v) is 6.63. The normalized spacial score (nSPS) is 10.2. The molecule has 1 N–H and O–H groups in total. The molecule has 0 aliphatic carbocycles. The Morgan fingerprint density at radius 1 is 1.19 bits per heavy atom. The van der Waals surface area contributed by atoms with Crippen LogP contribution in [-0.4, -0.2) is 30.5 Å². The van der Waals surface area contributed by atoms with Crippen LogP contribution in [0, 0.1) is 6.92 Å². The number of benzene rings is 1. The summed E-state index contributed by atoms with van der Waals surface area (Å²) in [6.07, 6.45) is 1.52. The Hall–Kier alpha value is -2.56. The molecule has 5 heteroatoms. The van der Waals surface area contributed by atoms with E-state index in [9.17, 15) is 9.59 Å². The highest BCUT2D eigenvalue weighted by atomic mass is 16.5. The quantitative estimate of drug-likeness (QED) is 0.678. The highest BCUT2D eigenvalue weighted by molar-refractivity contribution is 6.12.